The Labute approximate surface area is 92.6 Å². The molecule has 6 heteroatoms. The Hall–Kier alpha value is -0.373. The molecule has 0 aromatic carbocycles. The van der Waals surface area contributed by atoms with Crippen LogP contribution in [0.5, 0.6) is 0 Å². The van der Waals surface area contributed by atoms with E-state index in [4.69, 9.17) is 5.11 Å². The molecule has 1 aromatic heterocycles. The maximum absolute atomic E-state index is 10.4. The number of hydrogen-bond acceptors (Lipinski definition) is 4. The van der Waals surface area contributed by atoms with E-state index in [1.54, 1.807) is 0 Å². The van der Waals surface area contributed by atoms with Gasteiger partial charge in [0.25, 0.3) is 0 Å². The molecule has 0 spiro atoms. The van der Waals surface area contributed by atoms with Crippen LogP contribution in [-0.4, -0.2) is 40.1 Å². The minimum absolute atomic E-state index is 0. The van der Waals surface area contributed by atoms with E-state index in [1.807, 2.05) is 20.8 Å². The fourth-order valence-electron chi connectivity index (χ4n) is 0.613. The average molecular weight is 194 g/mol. The summed E-state index contributed by atoms with van der Waals surface area (Å²) in [5, 5.41) is 16.7. The standard InChI is InChI=1S/C7H10N2O2S.Li.H/c1-7(2,3)6-9-8-4(12-6)5(10)11;;/h1-3H3,(H,10,11);;. The number of carboxylic acid groups (broad SMARTS) is 1. The van der Waals surface area contributed by atoms with E-state index in [1.165, 1.54) is 0 Å². The van der Waals surface area contributed by atoms with Crippen LogP contribution < -0.4 is 0 Å². The topological polar surface area (TPSA) is 63.1 Å². The summed E-state index contributed by atoms with van der Waals surface area (Å²) in [6, 6.07) is 0. The van der Waals surface area contributed by atoms with Crippen LogP contribution in [0.15, 0.2) is 0 Å². The summed E-state index contributed by atoms with van der Waals surface area (Å²) in [7, 11) is 0. The summed E-state index contributed by atoms with van der Waals surface area (Å²) >= 11 is 1.13. The van der Waals surface area contributed by atoms with E-state index in [9.17, 15) is 4.79 Å². The second-order valence-electron chi connectivity index (χ2n) is 3.47. The molecule has 1 N–H and O–H groups in total. The fraction of sp³-hybridized carbons (Fsp3) is 0.571. The van der Waals surface area contributed by atoms with Crippen LogP contribution >= 0.6 is 11.3 Å². The SMILES string of the molecule is CC(C)(C)c1nnc(C(=O)O)s1.[LiH]. The van der Waals surface area contributed by atoms with Gasteiger partial charge in [-0.25, -0.2) is 4.79 Å². The molecule has 1 rings (SSSR count). The average Bonchev–Trinajstić information content (AvgIpc) is 2.30. The second kappa shape index (κ2) is 4.23. The van der Waals surface area contributed by atoms with Crippen molar-refractivity contribution in [2.45, 2.75) is 26.2 Å². The monoisotopic (exact) mass is 194 g/mol. The number of aromatic nitrogens is 2. The first-order valence-corrected chi connectivity index (χ1v) is 4.30. The maximum atomic E-state index is 10.4. The van der Waals surface area contributed by atoms with Crippen molar-refractivity contribution in [1.29, 1.82) is 0 Å². The fourth-order valence-corrected chi connectivity index (χ4v) is 1.35. The third-order valence-electron chi connectivity index (χ3n) is 1.25. The molecule has 0 aliphatic carbocycles. The van der Waals surface area contributed by atoms with Crippen molar-refractivity contribution < 1.29 is 9.90 Å². The molecule has 0 amide bonds. The van der Waals surface area contributed by atoms with Crippen LogP contribution in [0.25, 0.3) is 0 Å². The van der Waals surface area contributed by atoms with Gasteiger partial charge in [0.2, 0.25) is 5.01 Å². The molecule has 0 fully saturated rings. The van der Waals surface area contributed by atoms with Gasteiger partial charge < -0.3 is 5.11 Å². The molecule has 68 valence electrons. The first kappa shape index (κ1) is 12.6. The molecule has 1 aromatic rings. The van der Waals surface area contributed by atoms with E-state index in [2.05, 4.69) is 10.2 Å². The third kappa shape index (κ3) is 3.11. The number of hydrogen-bond donors (Lipinski definition) is 1. The van der Waals surface area contributed by atoms with Gasteiger partial charge in [0.15, 0.2) is 0 Å². The predicted octanol–water partition coefficient (Wildman–Crippen LogP) is 0.885. The first-order chi connectivity index (χ1) is 5.41. The molecule has 0 aliphatic heterocycles. The zero-order valence-corrected chi connectivity index (χ0v) is 7.97. The Balaban J connectivity index is 0.00000144. The van der Waals surface area contributed by atoms with Gasteiger partial charge in [0.1, 0.15) is 5.01 Å². The third-order valence-corrected chi connectivity index (χ3v) is 2.59. The van der Waals surface area contributed by atoms with Crippen molar-refractivity contribution in [1.82, 2.24) is 10.2 Å². The van der Waals surface area contributed by atoms with Crippen molar-refractivity contribution >= 4 is 36.2 Å². The molecule has 0 atom stereocenters. The molecule has 4 nitrogen and oxygen atoms in total. The number of carbonyl (C=O) groups is 1. The van der Waals surface area contributed by atoms with Gasteiger partial charge in [-0.05, 0) is 0 Å². The van der Waals surface area contributed by atoms with Crippen molar-refractivity contribution in [3.05, 3.63) is 10.0 Å². The normalized spacial score (nSPS) is 10.7. The summed E-state index contributed by atoms with van der Waals surface area (Å²) < 4.78 is 0. The van der Waals surface area contributed by atoms with E-state index in [0.717, 1.165) is 16.3 Å². The van der Waals surface area contributed by atoms with Crippen LogP contribution in [0.3, 0.4) is 0 Å². The van der Waals surface area contributed by atoms with Crippen molar-refractivity contribution in [2.24, 2.45) is 0 Å². The van der Waals surface area contributed by atoms with Gasteiger partial charge in [-0.1, -0.05) is 32.1 Å². The van der Waals surface area contributed by atoms with Gasteiger partial charge in [-0.3, -0.25) is 0 Å². The summed E-state index contributed by atoms with van der Waals surface area (Å²) in [5.74, 6) is -1.01. The van der Waals surface area contributed by atoms with E-state index < -0.39 is 5.97 Å². The Morgan fingerprint density at radius 3 is 2.15 bits per heavy atom. The van der Waals surface area contributed by atoms with Gasteiger partial charge in [0.05, 0.1) is 0 Å². The number of carboxylic acids is 1. The number of rotatable bonds is 1. The summed E-state index contributed by atoms with van der Waals surface area (Å²) in [5.41, 5.74) is -0.120. The van der Waals surface area contributed by atoms with Crippen LogP contribution in [0.2, 0.25) is 0 Å². The van der Waals surface area contributed by atoms with Crippen LogP contribution in [0.1, 0.15) is 35.6 Å². The zero-order valence-electron chi connectivity index (χ0n) is 7.16. The van der Waals surface area contributed by atoms with Gasteiger partial charge >= 0.3 is 24.8 Å². The zero-order chi connectivity index (χ0) is 9.35. The minimum atomic E-state index is -1.01. The Morgan fingerprint density at radius 1 is 1.38 bits per heavy atom. The molecule has 0 aliphatic rings. The van der Waals surface area contributed by atoms with Gasteiger partial charge in [0, 0.05) is 5.41 Å². The van der Waals surface area contributed by atoms with Crippen molar-refractivity contribution in [2.75, 3.05) is 0 Å². The molecule has 0 radical (unpaired) electrons. The first-order valence-electron chi connectivity index (χ1n) is 3.48. The summed E-state index contributed by atoms with van der Waals surface area (Å²) in [4.78, 5) is 10.4. The van der Waals surface area contributed by atoms with Gasteiger partial charge in [-0.2, -0.15) is 0 Å². The molecule has 1 heterocycles. The molecule has 0 saturated heterocycles. The number of aromatic carboxylic acids is 1. The molecular formula is C7H11LiN2O2S. The number of nitrogens with zero attached hydrogens (tertiary/aromatic N) is 2. The van der Waals surface area contributed by atoms with E-state index >= 15 is 0 Å². The molecule has 13 heavy (non-hydrogen) atoms. The van der Waals surface area contributed by atoms with E-state index in [0.29, 0.717) is 0 Å². The Kier molecular flexibility index (Phi) is 4.11. The molecule has 0 bridgehead atoms. The van der Waals surface area contributed by atoms with Crippen molar-refractivity contribution in [3.63, 3.8) is 0 Å². The Morgan fingerprint density at radius 2 is 1.92 bits per heavy atom. The van der Waals surface area contributed by atoms with E-state index in [-0.39, 0.29) is 29.3 Å². The summed E-state index contributed by atoms with van der Waals surface area (Å²) in [6.07, 6.45) is 0. The molecule has 0 saturated carbocycles. The second-order valence-corrected chi connectivity index (χ2v) is 4.45. The Bertz CT molecular complexity index is 306. The molecule has 0 unspecified atom stereocenters. The predicted molar refractivity (Wildman–Crippen MR) is 52.7 cm³/mol. The quantitative estimate of drug-likeness (QED) is 0.674. The van der Waals surface area contributed by atoms with Crippen LogP contribution in [-0.2, 0) is 5.41 Å². The molecular weight excluding hydrogens is 183 g/mol. The van der Waals surface area contributed by atoms with Crippen LogP contribution in [0.4, 0.5) is 0 Å². The van der Waals surface area contributed by atoms with Gasteiger partial charge in [-0.15, -0.1) is 10.2 Å². The van der Waals surface area contributed by atoms with Crippen LogP contribution in [0, 0.1) is 0 Å². The van der Waals surface area contributed by atoms with Crippen molar-refractivity contribution in [3.8, 4) is 0 Å². The summed E-state index contributed by atoms with van der Waals surface area (Å²) in [6.45, 7) is 5.91.